The van der Waals surface area contributed by atoms with E-state index in [1.165, 1.54) is 24.3 Å². The quantitative estimate of drug-likeness (QED) is 0.853. The summed E-state index contributed by atoms with van der Waals surface area (Å²) in [6, 6.07) is 5.48. The number of hydrogen-bond acceptors (Lipinski definition) is 4. The van der Waals surface area contributed by atoms with Crippen molar-refractivity contribution in [1.29, 1.82) is 0 Å². The van der Waals surface area contributed by atoms with Gasteiger partial charge in [-0.3, -0.25) is 5.32 Å². The number of nitrogens with two attached hydrogens (primary N) is 1. The molecule has 0 saturated heterocycles. The second-order valence-electron chi connectivity index (χ2n) is 3.65. The van der Waals surface area contributed by atoms with Crippen LogP contribution >= 0.6 is 0 Å². The number of rotatable bonds is 3. The molecule has 0 aliphatic rings. The molecule has 17 heavy (non-hydrogen) atoms. The smallest absolute Gasteiger partial charge is 0.411 e. The molecule has 0 spiro atoms. The van der Waals surface area contributed by atoms with Crippen molar-refractivity contribution in [2.75, 3.05) is 5.32 Å². The van der Waals surface area contributed by atoms with E-state index in [-0.39, 0.29) is 11.0 Å². The van der Waals surface area contributed by atoms with E-state index in [1.54, 1.807) is 13.8 Å². The molecule has 0 aromatic heterocycles. The Morgan fingerprint density at radius 3 is 2.24 bits per heavy atom. The highest BCUT2D eigenvalue weighted by Gasteiger charge is 2.09. The van der Waals surface area contributed by atoms with Crippen LogP contribution in [0.15, 0.2) is 29.2 Å². The van der Waals surface area contributed by atoms with Gasteiger partial charge in [0.2, 0.25) is 10.0 Å². The maximum atomic E-state index is 11.2. The molecule has 0 fully saturated rings. The highest BCUT2D eigenvalue weighted by molar-refractivity contribution is 7.89. The van der Waals surface area contributed by atoms with E-state index in [0.717, 1.165) is 0 Å². The van der Waals surface area contributed by atoms with Gasteiger partial charge in [-0.1, -0.05) is 0 Å². The van der Waals surface area contributed by atoms with Crippen LogP contribution in [0.25, 0.3) is 0 Å². The fraction of sp³-hybridized carbons (Fsp3) is 0.300. The second kappa shape index (κ2) is 5.15. The maximum Gasteiger partial charge on any atom is 0.411 e. The minimum Gasteiger partial charge on any atom is -0.447 e. The van der Waals surface area contributed by atoms with Crippen molar-refractivity contribution in [2.45, 2.75) is 24.8 Å². The lowest BCUT2D eigenvalue weighted by atomic mass is 10.3. The number of amides is 1. The summed E-state index contributed by atoms with van der Waals surface area (Å²) < 4.78 is 26.8. The number of nitrogens with one attached hydrogen (secondary N) is 1. The standard InChI is InChI=1S/C10H14N2O4S/c1-7(2)16-10(13)12-8-3-5-9(6-4-8)17(11,14)15/h3-7H,1-2H3,(H,12,13)(H2,11,14,15). The van der Waals surface area contributed by atoms with Crippen LogP contribution in [0.1, 0.15) is 13.8 Å². The van der Waals surface area contributed by atoms with Gasteiger partial charge >= 0.3 is 6.09 Å². The SMILES string of the molecule is CC(C)OC(=O)Nc1ccc(S(N)(=O)=O)cc1. The van der Waals surface area contributed by atoms with Crippen LogP contribution in [-0.4, -0.2) is 20.6 Å². The van der Waals surface area contributed by atoms with Gasteiger partial charge in [0.15, 0.2) is 0 Å². The number of sulfonamides is 1. The van der Waals surface area contributed by atoms with Gasteiger partial charge in [-0.15, -0.1) is 0 Å². The topological polar surface area (TPSA) is 98.5 Å². The zero-order chi connectivity index (χ0) is 13.1. The van der Waals surface area contributed by atoms with Crippen molar-refractivity contribution in [3.05, 3.63) is 24.3 Å². The van der Waals surface area contributed by atoms with Crippen molar-refractivity contribution >= 4 is 21.8 Å². The normalized spacial score (nSPS) is 11.3. The molecule has 7 heteroatoms. The average Bonchev–Trinajstić information content (AvgIpc) is 2.15. The summed E-state index contributed by atoms with van der Waals surface area (Å²) in [5.74, 6) is 0. The molecule has 1 aromatic rings. The van der Waals surface area contributed by atoms with Crippen LogP contribution in [0.4, 0.5) is 10.5 Å². The Bertz CT molecular complexity index is 494. The Morgan fingerprint density at radius 1 is 1.29 bits per heavy atom. The van der Waals surface area contributed by atoms with Gasteiger partial charge in [0.05, 0.1) is 11.0 Å². The lowest BCUT2D eigenvalue weighted by Crippen LogP contribution is -2.18. The first kappa shape index (κ1) is 13.5. The monoisotopic (exact) mass is 258 g/mol. The first-order chi connectivity index (χ1) is 7.79. The third kappa shape index (κ3) is 4.41. The maximum absolute atomic E-state index is 11.2. The number of primary sulfonamides is 1. The Labute approximate surface area is 99.8 Å². The van der Waals surface area contributed by atoms with Crippen LogP contribution in [0.5, 0.6) is 0 Å². The van der Waals surface area contributed by atoms with Crippen molar-refractivity contribution in [3.63, 3.8) is 0 Å². The molecule has 0 aliphatic heterocycles. The molecule has 1 aromatic carbocycles. The van der Waals surface area contributed by atoms with E-state index >= 15 is 0 Å². The third-order valence-electron chi connectivity index (χ3n) is 1.77. The van der Waals surface area contributed by atoms with E-state index in [1.807, 2.05) is 0 Å². The minimum absolute atomic E-state index is 0.0136. The molecule has 0 aliphatic carbocycles. The van der Waals surface area contributed by atoms with E-state index in [4.69, 9.17) is 9.88 Å². The molecule has 0 atom stereocenters. The molecule has 6 nitrogen and oxygen atoms in total. The molecule has 0 radical (unpaired) electrons. The number of anilines is 1. The molecule has 0 unspecified atom stereocenters. The molecule has 0 bridgehead atoms. The van der Waals surface area contributed by atoms with Gasteiger partial charge in [-0.2, -0.15) is 0 Å². The average molecular weight is 258 g/mol. The van der Waals surface area contributed by atoms with Crippen molar-refractivity contribution < 1.29 is 17.9 Å². The van der Waals surface area contributed by atoms with Crippen molar-refractivity contribution in [3.8, 4) is 0 Å². The van der Waals surface area contributed by atoms with E-state index in [9.17, 15) is 13.2 Å². The Kier molecular flexibility index (Phi) is 4.08. The number of carbonyl (C=O) groups is 1. The highest BCUT2D eigenvalue weighted by atomic mass is 32.2. The van der Waals surface area contributed by atoms with Crippen molar-refractivity contribution in [2.24, 2.45) is 5.14 Å². The number of carbonyl (C=O) groups excluding carboxylic acids is 1. The van der Waals surface area contributed by atoms with Gasteiger partial charge in [-0.25, -0.2) is 18.4 Å². The molecule has 94 valence electrons. The first-order valence-corrected chi connectivity index (χ1v) is 6.44. The van der Waals surface area contributed by atoms with Gasteiger partial charge in [0, 0.05) is 5.69 Å². The zero-order valence-electron chi connectivity index (χ0n) is 9.51. The summed E-state index contributed by atoms with van der Waals surface area (Å²) in [7, 11) is -3.71. The van der Waals surface area contributed by atoms with Gasteiger partial charge in [-0.05, 0) is 38.1 Å². The molecular formula is C10H14N2O4S. The van der Waals surface area contributed by atoms with Gasteiger partial charge in [0.25, 0.3) is 0 Å². The molecular weight excluding hydrogens is 244 g/mol. The summed E-state index contributed by atoms with van der Waals surface area (Å²) >= 11 is 0. The summed E-state index contributed by atoms with van der Waals surface area (Å²) in [5, 5.41) is 7.39. The summed E-state index contributed by atoms with van der Waals surface area (Å²) in [5.41, 5.74) is 0.433. The highest BCUT2D eigenvalue weighted by Crippen LogP contribution is 2.13. The van der Waals surface area contributed by atoms with E-state index in [2.05, 4.69) is 5.32 Å². The van der Waals surface area contributed by atoms with E-state index < -0.39 is 16.1 Å². The van der Waals surface area contributed by atoms with Crippen molar-refractivity contribution in [1.82, 2.24) is 0 Å². The Hall–Kier alpha value is -1.60. The Balaban J connectivity index is 2.73. The number of ether oxygens (including phenoxy) is 1. The van der Waals surface area contributed by atoms with Crippen LogP contribution in [0.2, 0.25) is 0 Å². The van der Waals surface area contributed by atoms with Gasteiger partial charge in [0.1, 0.15) is 0 Å². The fourth-order valence-corrected chi connectivity index (χ4v) is 1.60. The molecule has 1 amide bonds. The van der Waals surface area contributed by atoms with E-state index in [0.29, 0.717) is 5.69 Å². The molecule has 0 heterocycles. The minimum atomic E-state index is -3.71. The first-order valence-electron chi connectivity index (χ1n) is 4.89. The third-order valence-corrected chi connectivity index (χ3v) is 2.70. The summed E-state index contributed by atoms with van der Waals surface area (Å²) in [6.45, 7) is 3.45. The summed E-state index contributed by atoms with van der Waals surface area (Å²) in [4.78, 5) is 11.2. The van der Waals surface area contributed by atoms with Crippen LogP contribution in [0.3, 0.4) is 0 Å². The molecule has 1 rings (SSSR count). The predicted octanol–water partition coefficient (Wildman–Crippen LogP) is 1.29. The summed E-state index contributed by atoms with van der Waals surface area (Å²) in [6.07, 6.45) is -0.818. The predicted molar refractivity (Wildman–Crippen MR) is 63.1 cm³/mol. The van der Waals surface area contributed by atoms with Gasteiger partial charge < -0.3 is 4.74 Å². The number of hydrogen-bond donors (Lipinski definition) is 2. The second-order valence-corrected chi connectivity index (χ2v) is 5.21. The molecule has 3 N–H and O–H groups in total. The van der Waals surface area contributed by atoms with Crippen LogP contribution < -0.4 is 10.5 Å². The number of benzene rings is 1. The Morgan fingerprint density at radius 2 is 1.82 bits per heavy atom. The van der Waals surface area contributed by atoms with Crippen LogP contribution in [0, 0.1) is 0 Å². The fourth-order valence-electron chi connectivity index (χ4n) is 1.09. The van der Waals surface area contributed by atoms with Crippen LogP contribution in [-0.2, 0) is 14.8 Å². The lowest BCUT2D eigenvalue weighted by molar-refractivity contribution is 0.130. The zero-order valence-corrected chi connectivity index (χ0v) is 10.3. The largest absolute Gasteiger partial charge is 0.447 e. The molecule has 0 saturated carbocycles. The lowest BCUT2D eigenvalue weighted by Gasteiger charge is -2.09.